The van der Waals surface area contributed by atoms with Crippen molar-refractivity contribution in [2.24, 2.45) is 5.73 Å². The van der Waals surface area contributed by atoms with E-state index in [0.717, 1.165) is 0 Å². The molecular weight excluding hydrogens is 273 g/mol. The third-order valence-corrected chi connectivity index (χ3v) is 3.19. The van der Waals surface area contributed by atoms with Gasteiger partial charge in [0.2, 0.25) is 0 Å². The Balaban J connectivity index is 2.41. The first-order valence-electron chi connectivity index (χ1n) is 6.42. The van der Waals surface area contributed by atoms with Gasteiger partial charge in [0.05, 0.1) is 13.5 Å². The maximum absolute atomic E-state index is 14.0. The molecule has 0 aliphatic carbocycles. The lowest BCUT2D eigenvalue weighted by Crippen LogP contribution is -2.15. The minimum atomic E-state index is -0.991. The number of carboxylic acid groups (broad SMARTS) is 1. The Kier molecular flexibility index (Phi) is 4.55. The summed E-state index contributed by atoms with van der Waals surface area (Å²) in [6.45, 7) is 0. The molecule has 2 rings (SSSR count). The van der Waals surface area contributed by atoms with Crippen molar-refractivity contribution in [3.05, 3.63) is 53.8 Å². The number of aliphatic carboxylic acids is 1. The summed E-state index contributed by atoms with van der Waals surface area (Å²) in [4.78, 5) is 10.7. The van der Waals surface area contributed by atoms with Crippen LogP contribution in [0.25, 0.3) is 11.1 Å². The van der Waals surface area contributed by atoms with E-state index in [-0.39, 0.29) is 6.42 Å². The minimum absolute atomic E-state index is 0.205. The number of methoxy groups -OCH3 is 1. The maximum atomic E-state index is 14.0. The Morgan fingerprint density at radius 2 is 2.10 bits per heavy atom. The number of hydrogen-bond acceptors (Lipinski definition) is 3. The van der Waals surface area contributed by atoms with Crippen molar-refractivity contribution < 1.29 is 19.0 Å². The molecule has 0 spiro atoms. The Hall–Kier alpha value is -2.40. The quantitative estimate of drug-likeness (QED) is 0.887. The first-order chi connectivity index (χ1) is 10.0. The fraction of sp³-hybridized carbons (Fsp3) is 0.188. The largest absolute Gasteiger partial charge is 0.497 e. The van der Waals surface area contributed by atoms with Gasteiger partial charge in [-0.3, -0.25) is 4.79 Å². The van der Waals surface area contributed by atoms with E-state index in [4.69, 9.17) is 15.6 Å². The fourth-order valence-corrected chi connectivity index (χ4v) is 2.09. The normalized spacial score (nSPS) is 12.0. The predicted molar refractivity (Wildman–Crippen MR) is 77.6 cm³/mol. The maximum Gasteiger partial charge on any atom is 0.305 e. The average molecular weight is 289 g/mol. The highest BCUT2D eigenvalue weighted by atomic mass is 19.1. The van der Waals surface area contributed by atoms with Crippen LogP contribution in [0.4, 0.5) is 4.39 Å². The van der Waals surface area contributed by atoms with Gasteiger partial charge in [-0.1, -0.05) is 18.2 Å². The summed E-state index contributed by atoms with van der Waals surface area (Å²) in [6.07, 6.45) is -0.205. The van der Waals surface area contributed by atoms with Gasteiger partial charge in [0.15, 0.2) is 0 Å². The predicted octanol–water partition coefficient (Wildman–Crippen LogP) is 2.98. The molecule has 0 aliphatic heterocycles. The molecule has 1 atom stereocenters. The summed E-state index contributed by atoms with van der Waals surface area (Å²) >= 11 is 0. The van der Waals surface area contributed by atoms with Gasteiger partial charge in [0.25, 0.3) is 0 Å². The van der Waals surface area contributed by atoms with Crippen LogP contribution in [0.2, 0.25) is 0 Å². The molecule has 0 saturated carbocycles. The first kappa shape index (κ1) is 15.0. The van der Waals surface area contributed by atoms with E-state index >= 15 is 0 Å². The lowest BCUT2D eigenvalue weighted by atomic mass is 9.97. The first-order valence-corrected chi connectivity index (χ1v) is 6.42. The summed E-state index contributed by atoms with van der Waals surface area (Å²) in [5.41, 5.74) is 7.42. The summed E-state index contributed by atoms with van der Waals surface area (Å²) in [7, 11) is 1.54. The summed E-state index contributed by atoms with van der Waals surface area (Å²) < 4.78 is 19.1. The van der Waals surface area contributed by atoms with Gasteiger partial charge < -0.3 is 15.6 Å². The Morgan fingerprint density at radius 3 is 2.76 bits per heavy atom. The van der Waals surface area contributed by atoms with Crippen LogP contribution in [0.5, 0.6) is 5.75 Å². The van der Waals surface area contributed by atoms with Crippen molar-refractivity contribution in [2.75, 3.05) is 7.11 Å². The second-order valence-electron chi connectivity index (χ2n) is 4.68. The summed E-state index contributed by atoms with van der Waals surface area (Å²) in [5, 5.41) is 8.78. The van der Waals surface area contributed by atoms with Crippen LogP contribution >= 0.6 is 0 Å². The van der Waals surface area contributed by atoms with E-state index in [1.54, 1.807) is 30.3 Å². The monoisotopic (exact) mass is 289 g/mol. The van der Waals surface area contributed by atoms with E-state index in [9.17, 15) is 9.18 Å². The van der Waals surface area contributed by atoms with Gasteiger partial charge in [-0.2, -0.15) is 0 Å². The standard InChI is InChI=1S/C16H16FNO3/c1-21-12-4-2-3-10(7-12)13-8-11(5-6-14(13)17)15(18)9-16(19)20/h2-8,15H,9,18H2,1H3,(H,19,20). The highest BCUT2D eigenvalue weighted by molar-refractivity contribution is 5.69. The van der Waals surface area contributed by atoms with Crippen molar-refractivity contribution in [1.82, 2.24) is 0 Å². The van der Waals surface area contributed by atoms with Crippen LogP contribution in [0.15, 0.2) is 42.5 Å². The number of rotatable bonds is 5. The van der Waals surface area contributed by atoms with Gasteiger partial charge in [0.1, 0.15) is 11.6 Å². The van der Waals surface area contributed by atoms with Crippen LogP contribution in [-0.2, 0) is 4.79 Å². The number of carboxylic acids is 1. The van der Waals surface area contributed by atoms with Gasteiger partial charge in [-0.25, -0.2) is 4.39 Å². The zero-order valence-corrected chi connectivity index (χ0v) is 11.5. The van der Waals surface area contributed by atoms with Gasteiger partial charge in [-0.05, 0) is 35.4 Å². The zero-order valence-electron chi connectivity index (χ0n) is 11.5. The molecular formula is C16H16FNO3. The minimum Gasteiger partial charge on any atom is -0.497 e. The third-order valence-electron chi connectivity index (χ3n) is 3.19. The van der Waals surface area contributed by atoms with Crippen LogP contribution < -0.4 is 10.5 Å². The molecule has 2 aromatic carbocycles. The smallest absolute Gasteiger partial charge is 0.305 e. The molecule has 21 heavy (non-hydrogen) atoms. The number of ether oxygens (including phenoxy) is 1. The van der Waals surface area contributed by atoms with Crippen molar-refractivity contribution in [3.63, 3.8) is 0 Å². The Labute approximate surface area is 122 Å². The second-order valence-corrected chi connectivity index (χ2v) is 4.68. The molecule has 3 N–H and O–H groups in total. The highest BCUT2D eigenvalue weighted by Crippen LogP contribution is 2.29. The molecule has 4 nitrogen and oxygen atoms in total. The third kappa shape index (κ3) is 3.58. The fourth-order valence-electron chi connectivity index (χ4n) is 2.09. The van der Waals surface area contributed by atoms with Gasteiger partial charge >= 0.3 is 5.97 Å². The van der Waals surface area contributed by atoms with Crippen molar-refractivity contribution in [1.29, 1.82) is 0 Å². The van der Waals surface area contributed by atoms with Crippen LogP contribution in [-0.4, -0.2) is 18.2 Å². The molecule has 0 aromatic heterocycles. The molecule has 0 aliphatic rings. The number of halogens is 1. The molecule has 0 saturated heterocycles. The van der Waals surface area contributed by atoms with E-state index in [1.165, 1.54) is 19.2 Å². The van der Waals surface area contributed by atoms with E-state index in [0.29, 0.717) is 22.4 Å². The number of nitrogens with two attached hydrogens (primary N) is 1. The van der Waals surface area contributed by atoms with E-state index in [1.807, 2.05) is 0 Å². The van der Waals surface area contributed by atoms with Crippen LogP contribution in [0.1, 0.15) is 18.0 Å². The average Bonchev–Trinajstić information content (AvgIpc) is 2.47. The van der Waals surface area contributed by atoms with E-state index in [2.05, 4.69) is 0 Å². The highest BCUT2D eigenvalue weighted by Gasteiger charge is 2.14. The molecule has 0 radical (unpaired) electrons. The van der Waals surface area contributed by atoms with Crippen molar-refractivity contribution >= 4 is 5.97 Å². The number of carbonyl (C=O) groups is 1. The molecule has 1 unspecified atom stereocenters. The second kappa shape index (κ2) is 6.37. The lowest BCUT2D eigenvalue weighted by molar-refractivity contribution is -0.137. The molecule has 0 heterocycles. The van der Waals surface area contributed by atoms with Gasteiger partial charge in [0, 0.05) is 11.6 Å². The molecule has 5 heteroatoms. The van der Waals surface area contributed by atoms with E-state index < -0.39 is 17.8 Å². The Bertz CT molecular complexity index is 658. The summed E-state index contributed by atoms with van der Waals surface area (Å²) in [5.74, 6) is -0.767. The topological polar surface area (TPSA) is 72.5 Å². The molecule has 0 fully saturated rings. The molecule has 0 amide bonds. The number of hydrogen-bond donors (Lipinski definition) is 2. The Morgan fingerprint density at radius 1 is 1.33 bits per heavy atom. The van der Waals surface area contributed by atoms with Crippen molar-refractivity contribution in [3.8, 4) is 16.9 Å². The SMILES string of the molecule is COc1cccc(-c2cc(C(N)CC(=O)O)ccc2F)c1. The van der Waals surface area contributed by atoms with Gasteiger partial charge in [-0.15, -0.1) is 0 Å². The summed E-state index contributed by atoms with van der Waals surface area (Å²) in [6, 6.07) is 10.7. The number of benzene rings is 2. The molecule has 110 valence electrons. The zero-order chi connectivity index (χ0) is 15.4. The molecule has 2 aromatic rings. The van der Waals surface area contributed by atoms with Crippen LogP contribution in [0, 0.1) is 5.82 Å². The van der Waals surface area contributed by atoms with Crippen LogP contribution in [0.3, 0.4) is 0 Å². The molecule has 0 bridgehead atoms. The lowest BCUT2D eigenvalue weighted by Gasteiger charge is -2.12. The van der Waals surface area contributed by atoms with Crippen molar-refractivity contribution in [2.45, 2.75) is 12.5 Å².